The summed E-state index contributed by atoms with van der Waals surface area (Å²) in [5, 5.41) is 6.59. The first-order valence-corrected chi connectivity index (χ1v) is 9.75. The summed E-state index contributed by atoms with van der Waals surface area (Å²) in [6, 6.07) is 13.8. The number of guanidine groups is 1. The maximum Gasteiger partial charge on any atom is 0.214 e. The third-order valence-corrected chi connectivity index (χ3v) is 4.78. The van der Waals surface area contributed by atoms with Crippen molar-refractivity contribution in [3.8, 4) is 22.8 Å². The number of hydrogen-bond donors (Lipinski definition) is 2. The van der Waals surface area contributed by atoms with Gasteiger partial charge in [0.1, 0.15) is 11.5 Å². The predicted molar refractivity (Wildman–Crippen MR) is 133 cm³/mol. The number of ether oxygens (including phenoxy) is 2. The lowest BCUT2D eigenvalue weighted by atomic mass is 10.1. The number of oxazole rings is 1. The van der Waals surface area contributed by atoms with Crippen molar-refractivity contribution in [2.45, 2.75) is 26.4 Å². The lowest BCUT2D eigenvalue weighted by Gasteiger charge is -2.20. The molecule has 2 aromatic carbocycles. The van der Waals surface area contributed by atoms with Gasteiger partial charge < -0.3 is 24.5 Å². The molecule has 2 N–H and O–H groups in total. The fraction of sp³-hybridized carbons (Fsp3) is 0.304. The van der Waals surface area contributed by atoms with Crippen LogP contribution in [0.4, 0.5) is 0 Å². The van der Waals surface area contributed by atoms with E-state index in [2.05, 4.69) is 39.7 Å². The highest BCUT2D eigenvalue weighted by Gasteiger charge is 2.15. The van der Waals surface area contributed by atoms with E-state index in [0.29, 0.717) is 18.4 Å². The Bertz CT molecular complexity index is 1000. The van der Waals surface area contributed by atoms with Crippen molar-refractivity contribution in [1.29, 1.82) is 0 Å². The molecule has 1 heterocycles. The smallest absolute Gasteiger partial charge is 0.214 e. The monoisotopic (exact) mass is 536 g/mol. The third-order valence-electron chi connectivity index (χ3n) is 4.78. The second-order valence-electron chi connectivity index (χ2n) is 6.88. The van der Waals surface area contributed by atoms with Crippen molar-refractivity contribution in [3.63, 3.8) is 0 Å². The molecule has 1 unspecified atom stereocenters. The molecule has 0 bridgehead atoms. The Balaban J connectivity index is 0.00000341. The number of methoxy groups -OCH3 is 2. The fourth-order valence-corrected chi connectivity index (χ4v) is 3.06. The number of aliphatic imine (C=N–C) groups is 1. The van der Waals surface area contributed by atoms with Crippen molar-refractivity contribution in [3.05, 3.63) is 65.7 Å². The minimum absolute atomic E-state index is 0. The van der Waals surface area contributed by atoms with Crippen molar-refractivity contribution in [2.24, 2.45) is 4.99 Å². The van der Waals surface area contributed by atoms with E-state index < -0.39 is 0 Å². The average molecular weight is 536 g/mol. The number of aromatic nitrogens is 1. The molecule has 1 aromatic heterocycles. The van der Waals surface area contributed by atoms with E-state index in [9.17, 15) is 0 Å². The van der Waals surface area contributed by atoms with Gasteiger partial charge in [-0.25, -0.2) is 4.98 Å². The summed E-state index contributed by atoms with van der Waals surface area (Å²) in [4.78, 5) is 8.65. The molecule has 0 aliphatic carbocycles. The Morgan fingerprint density at radius 3 is 2.52 bits per heavy atom. The van der Waals surface area contributed by atoms with Gasteiger partial charge in [0.2, 0.25) is 5.89 Å². The molecule has 0 aliphatic heterocycles. The Morgan fingerprint density at radius 2 is 1.87 bits per heavy atom. The molecule has 3 rings (SSSR count). The molecule has 31 heavy (non-hydrogen) atoms. The number of hydrogen-bond acceptors (Lipinski definition) is 5. The van der Waals surface area contributed by atoms with Crippen LogP contribution in [0.15, 0.2) is 58.1 Å². The molecule has 0 saturated carbocycles. The number of rotatable bonds is 7. The third kappa shape index (κ3) is 6.36. The van der Waals surface area contributed by atoms with Crippen LogP contribution in [0.5, 0.6) is 11.5 Å². The van der Waals surface area contributed by atoms with Crippen LogP contribution >= 0.6 is 24.0 Å². The van der Waals surface area contributed by atoms with Gasteiger partial charge in [0.15, 0.2) is 11.7 Å². The predicted octanol–water partition coefficient (Wildman–Crippen LogP) is 4.71. The van der Waals surface area contributed by atoms with Crippen molar-refractivity contribution < 1.29 is 13.9 Å². The maximum atomic E-state index is 5.87. The van der Waals surface area contributed by atoms with Gasteiger partial charge >= 0.3 is 0 Å². The number of aryl methyl sites for hydroxylation is 1. The first-order valence-electron chi connectivity index (χ1n) is 9.75. The van der Waals surface area contributed by atoms with Crippen LogP contribution in [-0.4, -0.2) is 32.2 Å². The summed E-state index contributed by atoms with van der Waals surface area (Å²) in [5.41, 5.74) is 3.18. The zero-order valence-electron chi connectivity index (χ0n) is 18.4. The normalized spacial score (nSPS) is 12.0. The largest absolute Gasteiger partial charge is 0.497 e. The van der Waals surface area contributed by atoms with Crippen LogP contribution in [0.2, 0.25) is 0 Å². The van der Waals surface area contributed by atoms with Gasteiger partial charge in [-0.2, -0.15) is 0 Å². The molecule has 1 atom stereocenters. The molecule has 0 amide bonds. The Hall–Kier alpha value is -2.75. The summed E-state index contributed by atoms with van der Waals surface area (Å²) in [5.74, 6) is 3.50. The second-order valence-corrected chi connectivity index (χ2v) is 6.88. The van der Waals surface area contributed by atoms with Gasteiger partial charge in [0, 0.05) is 18.2 Å². The molecule has 7 nitrogen and oxygen atoms in total. The minimum Gasteiger partial charge on any atom is -0.497 e. The Labute approximate surface area is 200 Å². The number of benzene rings is 2. The summed E-state index contributed by atoms with van der Waals surface area (Å²) in [6.45, 7) is 4.50. The van der Waals surface area contributed by atoms with E-state index in [4.69, 9.17) is 13.9 Å². The quantitative estimate of drug-likeness (QED) is 0.259. The van der Waals surface area contributed by atoms with Crippen molar-refractivity contribution >= 4 is 29.9 Å². The molecule has 0 radical (unpaired) electrons. The molecule has 0 spiro atoms. The van der Waals surface area contributed by atoms with Gasteiger partial charge in [0.25, 0.3) is 0 Å². The van der Waals surface area contributed by atoms with Gasteiger partial charge in [-0.3, -0.25) is 4.99 Å². The van der Waals surface area contributed by atoms with Crippen LogP contribution in [0.3, 0.4) is 0 Å². The molecule has 8 heteroatoms. The maximum absolute atomic E-state index is 5.87. The highest BCUT2D eigenvalue weighted by Crippen LogP contribution is 2.29. The highest BCUT2D eigenvalue weighted by atomic mass is 127. The van der Waals surface area contributed by atoms with Gasteiger partial charge in [-0.1, -0.05) is 29.8 Å². The first-order chi connectivity index (χ1) is 14.5. The van der Waals surface area contributed by atoms with Crippen LogP contribution in [0, 0.1) is 6.92 Å². The molecule has 0 saturated heterocycles. The van der Waals surface area contributed by atoms with Crippen LogP contribution in [0.25, 0.3) is 11.3 Å². The van der Waals surface area contributed by atoms with E-state index in [-0.39, 0.29) is 30.0 Å². The molecular weight excluding hydrogens is 507 g/mol. The number of nitrogens with one attached hydrogen (secondary N) is 2. The standard InChI is InChI=1S/C23H28N4O3.HI/c1-15-6-8-17(9-7-15)21-13-25-22(30-21)14-26-23(24-3)27-16(2)19-12-18(28-4)10-11-20(19)29-5;/h6-13,16H,14H2,1-5H3,(H2,24,26,27);1H. The lowest BCUT2D eigenvalue weighted by molar-refractivity contribution is 0.394. The van der Waals surface area contributed by atoms with E-state index in [1.54, 1.807) is 27.5 Å². The van der Waals surface area contributed by atoms with Crippen LogP contribution < -0.4 is 20.1 Å². The fourth-order valence-electron chi connectivity index (χ4n) is 3.06. The Kier molecular flexibility index (Phi) is 9.17. The summed E-state index contributed by atoms with van der Waals surface area (Å²) in [7, 11) is 5.02. The number of halogens is 1. The van der Waals surface area contributed by atoms with Crippen LogP contribution in [-0.2, 0) is 6.54 Å². The van der Waals surface area contributed by atoms with Gasteiger partial charge in [0.05, 0.1) is 33.0 Å². The molecule has 0 aliphatic rings. The minimum atomic E-state index is -0.0612. The van der Waals surface area contributed by atoms with E-state index in [1.165, 1.54) is 5.56 Å². The number of nitrogens with zero attached hydrogens (tertiary/aromatic N) is 2. The first kappa shape index (κ1) is 24.5. The molecule has 0 fully saturated rings. The van der Waals surface area contributed by atoms with Crippen molar-refractivity contribution in [2.75, 3.05) is 21.3 Å². The molecular formula is C23H29IN4O3. The van der Waals surface area contributed by atoms with Gasteiger partial charge in [-0.15, -0.1) is 24.0 Å². The summed E-state index contributed by atoms with van der Waals surface area (Å²) < 4.78 is 16.7. The average Bonchev–Trinajstić information content (AvgIpc) is 3.25. The van der Waals surface area contributed by atoms with Crippen LogP contribution in [0.1, 0.15) is 30.0 Å². The zero-order valence-corrected chi connectivity index (χ0v) is 20.8. The Morgan fingerprint density at radius 1 is 1.13 bits per heavy atom. The zero-order chi connectivity index (χ0) is 21.5. The highest BCUT2D eigenvalue weighted by molar-refractivity contribution is 14.0. The SMILES string of the molecule is CN=C(NCc1ncc(-c2ccc(C)cc2)o1)NC(C)c1cc(OC)ccc1OC.I. The van der Waals surface area contributed by atoms with E-state index in [1.807, 2.05) is 37.3 Å². The van der Waals surface area contributed by atoms with Gasteiger partial charge in [-0.05, 0) is 32.0 Å². The second kappa shape index (κ2) is 11.6. The summed E-state index contributed by atoms with van der Waals surface area (Å²) in [6.07, 6.45) is 1.74. The molecule has 3 aromatic rings. The lowest BCUT2D eigenvalue weighted by Crippen LogP contribution is -2.38. The van der Waals surface area contributed by atoms with Crippen molar-refractivity contribution in [1.82, 2.24) is 15.6 Å². The molecule has 166 valence electrons. The van der Waals surface area contributed by atoms with E-state index in [0.717, 1.165) is 28.4 Å². The topological polar surface area (TPSA) is 80.9 Å². The van der Waals surface area contributed by atoms with E-state index >= 15 is 0 Å². The summed E-state index contributed by atoms with van der Waals surface area (Å²) >= 11 is 0.